The molecule has 0 aliphatic carbocycles. The Morgan fingerprint density at radius 1 is 1.39 bits per heavy atom. The maximum atomic E-state index is 12.2. The second-order valence-corrected chi connectivity index (χ2v) is 5.47. The quantitative estimate of drug-likeness (QED) is 0.810. The Morgan fingerprint density at radius 3 is 2.56 bits per heavy atom. The van der Waals surface area contributed by atoms with E-state index in [4.69, 9.17) is 0 Å². The number of hydrogen-bond donors (Lipinski definition) is 1. The number of nitrogens with one attached hydrogen (secondary N) is 1. The molecule has 1 rings (SSSR count). The number of hydrogen-bond acceptors (Lipinski definition) is 3. The molecule has 4 heteroatoms. The van der Waals surface area contributed by atoms with Gasteiger partial charge in [0.05, 0.1) is 12.1 Å². The summed E-state index contributed by atoms with van der Waals surface area (Å²) in [6, 6.07) is -0.400. The first-order valence-electron chi connectivity index (χ1n) is 6.98. The van der Waals surface area contributed by atoms with Crippen molar-refractivity contribution in [1.82, 2.24) is 10.2 Å². The van der Waals surface area contributed by atoms with Crippen LogP contribution in [0.25, 0.3) is 0 Å². The molecule has 4 nitrogen and oxygen atoms in total. The second kappa shape index (κ2) is 6.88. The summed E-state index contributed by atoms with van der Waals surface area (Å²) in [7, 11) is 1.98. The number of likely N-dealkylation sites (N-methyl/N-ethyl adjacent to an activating group) is 1. The molecule has 1 amide bonds. The molecule has 0 aromatic rings. The number of rotatable bonds is 5. The number of likely N-dealkylation sites (tertiary alicyclic amines) is 1. The van der Waals surface area contributed by atoms with Crippen LogP contribution in [0.3, 0.4) is 0 Å². The lowest BCUT2D eigenvalue weighted by Gasteiger charge is -2.33. The van der Waals surface area contributed by atoms with E-state index in [-0.39, 0.29) is 29.7 Å². The van der Waals surface area contributed by atoms with Crippen molar-refractivity contribution in [2.75, 3.05) is 13.6 Å². The van der Waals surface area contributed by atoms with Crippen LogP contribution in [-0.2, 0) is 9.59 Å². The first-order valence-corrected chi connectivity index (χ1v) is 6.98. The Kier molecular flexibility index (Phi) is 5.79. The molecule has 1 aliphatic rings. The average molecular weight is 254 g/mol. The number of Topliss-reactive ketones (excluding diaryl/α,β-unsaturated/α-hetero) is 1. The predicted molar refractivity (Wildman–Crippen MR) is 72.3 cm³/mol. The highest BCUT2D eigenvalue weighted by atomic mass is 16.2. The number of carbonyl (C=O) groups excluding carboxylic acids is 2. The first kappa shape index (κ1) is 15.2. The summed E-state index contributed by atoms with van der Waals surface area (Å²) in [5.74, 6) is 0.259. The average Bonchev–Trinajstić information content (AvgIpc) is 2.35. The van der Waals surface area contributed by atoms with E-state index in [2.05, 4.69) is 10.2 Å². The number of piperidine rings is 1. The Balaban J connectivity index is 2.63. The van der Waals surface area contributed by atoms with Gasteiger partial charge in [0.1, 0.15) is 0 Å². The maximum Gasteiger partial charge on any atom is 0.237 e. The minimum absolute atomic E-state index is 0.0118. The molecule has 0 aromatic carbocycles. The highest BCUT2D eigenvalue weighted by molar-refractivity contribution is 5.89. The van der Waals surface area contributed by atoms with E-state index < -0.39 is 0 Å². The molecule has 1 heterocycles. The fraction of sp³-hybridized carbons (Fsp3) is 0.857. The van der Waals surface area contributed by atoms with Crippen LogP contribution in [0.15, 0.2) is 0 Å². The van der Waals surface area contributed by atoms with E-state index in [1.165, 1.54) is 0 Å². The maximum absolute atomic E-state index is 12.2. The summed E-state index contributed by atoms with van der Waals surface area (Å²) < 4.78 is 0. The molecule has 0 spiro atoms. The summed E-state index contributed by atoms with van der Waals surface area (Å²) in [6.45, 7) is 6.57. The van der Waals surface area contributed by atoms with Crippen LogP contribution in [0.1, 0.15) is 46.5 Å². The minimum Gasteiger partial charge on any atom is -0.345 e. The van der Waals surface area contributed by atoms with Crippen LogP contribution in [-0.4, -0.2) is 42.3 Å². The van der Waals surface area contributed by atoms with Crippen molar-refractivity contribution in [3.8, 4) is 0 Å². The van der Waals surface area contributed by atoms with Gasteiger partial charge in [-0.25, -0.2) is 0 Å². The van der Waals surface area contributed by atoms with Crippen LogP contribution in [0.2, 0.25) is 0 Å². The van der Waals surface area contributed by atoms with Crippen molar-refractivity contribution in [2.24, 2.45) is 5.92 Å². The van der Waals surface area contributed by atoms with Gasteiger partial charge in [0.2, 0.25) is 5.91 Å². The molecule has 1 fully saturated rings. The van der Waals surface area contributed by atoms with Gasteiger partial charge in [0.15, 0.2) is 5.78 Å². The summed E-state index contributed by atoms with van der Waals surface area (Å²) in [4.78, 5) is 25.9. The standard InChI is InChI=1S/C14H26N2O2/c1-5-10(2)13(11(3)17)15-14(18)12-8-6-7-9-16(12)4/h10,12-13H,5-9H2,1-4H3,(H,15,18)/t10?,12-,13+/m1/s1. The minimum atomic E-state index is -0.335. The highest BCUT2D eigenvalue weighted by Crippen LogP contribution is 2.16. The topological polar surface area (TPSA) is 49.4 Å². The van der Waals surface area contributed by atoms with E-state index in [1.807, 2.05) is 20.9 Å². The smallest absolute Gasteiger partial charge is 0.237 e. The van der Waals surface area contributed by atoms with Gasteiger partial charge in [-0.3, -0.25) is 14.5 Å². The zero-order valence-corrected chi connectivity index (χ0v) is 12.0. The predicted octanol–water partition coefficient (Wildman–Crippen LogP) is 1.59. The molecule has 0 radical (unpaired) electrons. The Morgan fingerprint density at radius 2 is 2.06 bits per heavy atom. The molecule has 0 bridgehead atoms. The summed E-state index contributed by atoms with van der Waals surface area (Å²) in [5, 5.41) is 2.94. The largest absolute Gasteiger partial charge is 0.345 e. The molecule has 104 valence electrons. The normalized spacial score (nSPS) is 24.3. The van der Waals surface area contributed by atoms with Gasteiger partial charge in [0.25, 0.3) is 0 Å². The summed E-state index contributed by atoms with van der Waals surface area (Å²) in [6.07, 6.45) is 4.04. The monoisotopic (exact) mass is 254 g/mol. The Labute approximate surface area is 110 Å². The summed E-state index contributed by atoms with van der Waals surface area (Å²) >= 11 is 0. The van der Waals surface area contributed by atoms with Crippen molar-refractivity contribution in [3.63, 3.8) is 0 Å². The van der Waals surface area contributed by atoms with Gasteiger partial charge in [-0.2, -0.15) is 0 Å². The zero-order valence-electron chi connectivity index (χ0n) is 12.0. The molecule has 0 saturated carbocycles. The number of carbonyl (C=O) groups is 2. The lowest BCUT2D eigenvalue weighted by atomic mass is 9.95. The molecule has 0 aromatic heterocycles. The van der Waals surface area contributed by atoms with Crippen molar-refractivity contribution < 1.29 is 9.59 Å². The first-order chi connectivity index (χ1) is 8.47. The third-order valence-corrected chi connectivity index (χ3v) is 4.02. The molecule has 1 saturated heterocycles. The molecule has 18 heavy (non-hydrogen) atoms. The van der Waals surface area contributed by atoms with Gasteiger partial charge < -0.3 is 5.32 Å². The SMILES string of the molecule is CCC(C)[C@H](NC(=O)[C@H]1CCCCN1C)C(C)=O. The van der Waals surface area contributed by atoms with E-state index in [1.54, 1.807) is 6.92 Å². The lowest BCUT2D eigenvalue weighted by Crippen LogP contribution is -2.53. The summed E-state index contributed by atoms with van der Waals surface area (Å²) in [5.41, 5.74) is 0. The van der Waals surface area contributed by atoms with Crippen LogP contribution in [0, 0.1) is 5.92 Å². The molecule has 1 unspecified atom stereocenters. The third-order valence-electron chi connectivity index (χ3n) is 4.02. The van der Waals surface area contributed by atoms with E-state index in [0.717, 1.165) is 32.2 Å². The van der Waals surface area contributed by atoms with Crippen molar-refractivity contribution in [3.05, 3.63) is 0 Å². The molecular weight excluding hydrogens is 228 g/mol. The van der Waals surface area contributed by atoms with E-state index >= 15 is 0 Å². The van der Waals surface area contributed by atoms with Crippen molar-refractivity contribution in [1.29, 1.82) is 0 Å². The molecule has 1 N–H and O–H groups in total. The fourth-order valence-corrected chi connectivity index (χ4v) is 2.54. The van der Waals surface area contributed by atoms with Gasteiger partial charge in [-0.05, 0) is 39.3 Å². The zero-order chi connectivity index (χ0) is 13.7. The van der Waals surface area contributed by atoms with E-state index in [0.29, 0.717) is 0 Å². The van der Waals surface area contributed by atoms with Crippen LogP contribution in [0.4, 0.5) is 0 Å². The lowest BCUT2D eigenvalue weighted by molar-refractivity contribution is -0.132. The van der Waals surface area contributed by atoms with Gasteiger partial charge in [-0.15, -0.1) is 0 Å². The van der Waals surface area contributed by atoms with Gasteiger partial charge >= 0.3 is 0 Å². The number of amides is 1. The number of ketones is 1. The Hall–Kier alpha value is -0.900. The van der Waals surface area contributed by atoms with Crippen LogP contribution in [0.5, 0.6) is 0 Å². The fourth-order valence-electron chi connectivity index (χ4n) is 2.54. The van der Waals surface area contributed by atoms with Crippen molar-refractivity contribution in [2.45, 2.75) is 58.5 Å². The van der Waals surface area contributed by atoms with E-state index in [9.17, 15) is 9.59 Å². The van der Waals surface area contributed by atoms with Gasteiger partial charge in [0, 0.05) is 0 Å². The molecular formula is C14H26N2O2. The highest BCUT2D eigenvalue weighted by Gasteiger charge is 2.30. The second-order valence-electron chi connectivity index (χ2n) is 5.47. The van der Waals surface area contributed by atoms with Crippen LogP contribution < -0.4 is 5.32 Å². The molecule has 3 atom stereocenters. The molecule has 1 aliphatic heterocycles. The Bertz CT molecular complexity index is 304. The van der Waals surface area contributed by atoms with Crippen LogP contribution >= 0.6 is 0 Å². The number of nitrogens with zero attached hydrogens (tertiary/aromatic N) is 1. The van der Waals surface area contributed by atoms with Gasteiger partial charge in [-0.1, -0.05) is 26.7 Å². The van der Waals surface area contributed by atoms with Crippen molar-refractivity contribution >= 4 is 11.7 Å². The third kappa shape index (κ3) is 3.80.